The Hall–Kier alpha value is -2.08. The van der Waals surface area contributed by atoms with Gasteiger partial charge in [0, 0.05) is 29.4 Å². The summed E-state index contributed by atoms with van der Waals surface area (Å²) in [5.74, 6) is 0. The van der Waals surface area contributed by atoms with Crippen LogP contribution in [0, 0.1) is 10.1 Å². The average molecular weight is 307 g/mol. The fourth-order valence-electron chi connectivity index (χ4n) is 2.82. The minimum absolute atomic E-state index is 0.00138. The summed E-state index contributed by atoms with van der Waals surface area (Å²) < 4.78 is 1.87. The molecule has 1 atom stereocenters. The van der Waals surface area contributed by atoms with Gasteiger partial charge < -0.3 is 5.32 Å². The quantitative estimate of drug-likeness (QED) is 0.696. The molecule has 2 aromatic rings. The Bertz CT molecular complexity index is 698. The van der Waals surface area contributed by atoms with E-state index in [4.69, 9.17) is 11.6 Å². The molecule has 0 saturated carbocycles. The number of hydrogen-bond acceptors (Lipinski definition) is 4. The van der Waals surface area contributed by atoms with Crippen LogP contribution in [-0.4, -0.2) is 14.7 Å². The van der Waals surface area contributed by atoms with E-state index in [0.717, 1.165) is 24.8 Å². The smallest absolute Gasteiger partial charge is 0.293 e. The Morgan fingerprint density at radius 3 is 3.10 bits per heavy atom. The molecule has 6 nitrogen and oxygen atoms in total. The maximum absolute atomic E-state index is 11.2. The Balaban J connectivity index is 1.93. The van der Waals surface area contributed by atoms with Crippen LogP contribution in [-0.2, 0) is 13.5 Å². The molecule has 0 fully saturated rings. The second kappa shape index (κ2) is 5.37. The number of halogens is 1. The number of anilines is 1. The molecule has 110 valence electrons. The number of hydrogen-bond donors (Lipinski definition) is 1. The number of aryl methyl sites for hydroxylation is 1. The molecule has 1 aliphatic carbocycles. The highest BCUT2D eigenvalue weighted by Crippen LogP contribution is 2.35. The van der Waals surface area contributed by atoms with Gasteiger partial charge in [0.2, 0.25) is 0 Å². The molecule has 0 radical (unpaired) electrons. The highest BCUT2D eigenvalue weighted by Gasteiger charge is 2.25. The van der Waals surface area contributed by atoms with Gasteiger partial charge in [0.1, 0.15) is 5.69 Å². The largest absolute Gasteiger partial charge is 0.373 e. The highest BCUT2D eigenvalue weighted by molar-refractivity contribution is 6.30. The first-order chi connectivity index (χ1) is 10.1. The van der Waals surface area contributed by atoms with Crippen molar-refractivity contribution in [2.75, 3.05) is 5.32 Å². The van der Waals surface area contributed by atoms with Crippen molar-refractivity contribution in [3.63, 3.8) is 0 Å². The molecule has 1 heterocycles. The minimum Gasteiger partial charge on any atom is -0.373 e. The summed E-state index contributed by atoms with van der Waals surface area (Å²) in [4.78, 5) is 10.7. The van der Waals surface area contributed by atoms with Crippen LogP contribution < -0.4 is 5.32 Å². The molecular formula is C14H15ClN4O2. The van der Waals surface area contributed by atoms with Crippen LogP contribution in [0.25, 0.3) is 0 Å². The van der Waals surface area contributed by atoms with Crippen molar-refractivity contribution in [2.24, 2.45) is 7.05 Å². The van der Waals surface area contributed by atoms with Gasteiger partial charge in [-0.3, -0.25) is 14.8 Å². The first kappa shape index (κ1) is 13.9. The maximum atomic E-state index is 11.2. The zero-order valence-electron chi connectivity index (χ0n) is 11.5. The third-order valence-electron chi connectivity index (χ3n) is 3.86. The molecule has 0 aliphatic heterocycles. The topological polar surface area (TPSA) is 73.0 Å². The number of fused-ring (bicyclic) bond motifs is 1. The fraction of sp³-hybridized carbons (Fsp3) is 0.357. The summed E-state index contributed by atoms with van der Waals surface area (Å²) in [5, 5.41) is 19.1. The van der Waals surface area contributed by atoms with Gasteiger partial charge >= 0.3 is 0 Å². The van der Waals surface area contributed by atoms with Crippen molar-refractivity contribution in [1.29, 1.82) is 0 Å². The Labute approximate surface area is 126 Å². The van der Waals surface area contributed by atoms with Gasteiger partial charge in [-0.25, -0.2) is 0 Å². The van der Waals surface area contributed by atoms with E-state index in [1.54, 1.807) is 12.1 Å². The lowest BCUT2D eigenvalue weighted by atomic mass is 9.92. The molecule has 1 aromatic carbocycles. The van der Waals surface area contributed by atoms with Gasteiger partial charge in [0.25, 0.3) is 5.69 Å². The van der Waals surface area contributed by atoms with Gasteiger partial charge in [0.05, 0.1) is 17.2 Å². The van der Waals surface area contributed by atoms with Crippen LogP contribution in [0.1, 0.15) is 30.1 Å². The average Bonchev–Trinajstić information content (AvgIpc) is 2.83. The van der Waals surface area contributed by atoms with E-state index in [9.17, 15) is 10.1 Å². The van der Waals surface area contributed by atoms with Crippen molar-refractivity contribution >= 4 is 23.0 Å². The van der Waals surface area contributed by atoms with E-state index in [1.807, 2.05) is 17.9 Å². The molecule has 1 N–H and O–H groups in total. The van der Waals surface area contributed by atoms with Crippen LogP contribution in [0.2, 0.25) is 5.02 Å². The first-order valence-electron chi connectivity index (χ1n) is 6.77. The summed E-state index contributed by atoms with van der Waals surface area (Å²) >= 11 is 5.84. The Kier molecular flexibility index (Phi) is 3.55. The Morgan fingerprint density at radius 1 is 1.52 bits per heavy atom. The molecule has 0 bridgehead atoms. The summed E-state index contributed by atoms with van der Waals surface area (Å²) in [6.45, 7) is 0. The summed E-state index contributed by atoms with van der Waals surface area (Å²) in [7, 11) is 1.92. The lowest BCUT2D eigenvalue weighted by Crippen LogP contribution is -2.18. The van der Waals surface area contributed by atoms with Crippen molar-refractivity contribution < 1.29 is 4.92 Å². The number of nitro benzene ring substituents is 1. The molecule has 0 saturated heterocycles. The molecule has 0 amide bonds. The number of nitro groups is 1. The van der Waals surface area contributed by atoms with Gasteiger partial charge in [-0.15, -0.1) is 0 Å². The van der Waals surface area contributed by atoms with Gasteiger partial charge in [0.15, 0.2) is 0 Å². The molecule has 7 heteroatoms. The second-order valence-electron chi connectivity index (χ2n) is 5.18. The predicted molar refractivity (Wildman–Crippen MR) is 80.6 cm³/mol. The zero-order valence-corrected chi connectivity index (χ0v) is 12.3. The van der Waals surface area contributed by atoms with Gasteiger partial charge in [-0.1, -0.05) is 11.6 Å². The lowest BCUT2D eigenvalue weighted by Gasteiger charge is -2.24. The molecule has 21 heavy (non-hydrogen) atoms. The third kappa shape index (κ3) is 2.58. The number of nitrogens with zero attached hydrogens (tertiary/aromatic N) is 3. The first-order valence-corrected chi connectivity index (χ1v) is 7.15. The summed E-state index contributed by atoms with van der Waals surface area (Å²) in [6.07, 6.45) is 4.80. The van der Waals surface area contributed by atoms with E-state index in [-0.39, 0.29) is 11.7 Å². The summed E-state index contributed by atoms with van der Waals surface area (Å²) in [5.41, 5.74) is 2.80. The van der Waals surface area contributed by atoms with E-state index in [1.165, 1.54) is 11.8 Å². The molecule has 1 aliphatic rings. The number of nitrogens with one attached hydrogen (secondary N) is 1. The zero-order chi connectivity index (χ0) is 15.0. The molecule has 1 aromatic heterocycles. The SMILES string of the molecule is Cn1ncc2c1CCCC2Nc1ccc(Cl)cc1[N+](=O)[O-]. The van der Waals surface area contributed by atoms with Gasteiger partial charge in [-0.05, 0) is 31.4 Å². The fourth-order valence-corrected chi connectivity index (χ4v) is 2.99. The molecule has 1 unspecified atom stereocenters. The van der Waals surface area contributed by atoms with Crippen LogP contribution in [0.3, 0.4) is 0 Å². The van der Waals surface area contributed by atoms with E-state index < -0.39 is 4.92 Å². The number of rotatable bonds is 3. The van der Waals surface area contributed by atoms with Crippen molar-refractivity contribution in [3.05, 3.63) is 50.8 Å². The van der Waals surface area contributed by atoms with Crippen LogP contribution in [0.5, 0.6) is 0 Å². The van der Waals surface area contributed by atoms with Crippen molar-refractivity contribution in [1.82, 2.24) is 9.78 Å². The van der Waals surface area contributed by atoms with Crippen LogP contribution >= 0.6 is 11.6 Å². The van der Waals surface area contributed by atoms with Crippen LogP contribution in [0.4, 0.5) is 11.4 Å². The standard InChI is InChI=1S/C14H15ClN4O2/c1-18-13-4-2-3-11(10(13)8-16-18)17-12-6-5-9(15)7-14(12)19(20)21/h5-8,11,17H,2-4H2,1H3. The van der Waals surface area contributed by atoms with E-state index >= 15 is 0 Å². The van der Waals surface area contributed by atoms with Crippen molar-refractivity contribution in [2.45, 2.75) is 25.3 Å². The normalized spacial score (nSPS) is 17.3. The lowest BCUT2D eigenvalue weighted by molar-refractivity contribution is -0.384. The maximum Gasteiger partial charge on any atom is 0.293 e. The summed E-state index contributed by atoms with van der Waals surface area (Å²) in [6, 6.07) is 4.73. The van der Waals surface area contributed by atoms with Crippen molar-refractivity contribution in [3.8, 4) is 0 Å². The number of benzene rings is 1. The molecule has 3 rings (SSSR count). The van der Waals surface area contributed by atoms with Gasteiger partial charge in [-0.2, -0.15) is 5.10 Å². The second-order valence-corrected chi connectivity index (χ2v) is 5.61. The molecule has 0 spiro atoms. The monoisotopic (exact) mass is 306 g/mol. The minimum atomic E-state index is -0.415. The molecular weight excluding hydrogens is 292 g/mol. The van der Waals surface area contributed by atoms with E-state index in [0.29, 0.717) is 10.7 Å². The Morgan fingerprint density at radius 2 is 2.33 bits per heavy atom. The third-order valence-corrected chi connectivity index (χ3v) is 4.10. The van der Waals surface area contributed by atoms with Crippen LogP contribution in [0.15, 0.2) is 24.4 Å². The predicted octanol–water partition coefficient (Wildman–Crippen LogP) is 3.47. The number of aromatic nitrogens is 2. The highest BCUT2D eigenvalue weighted by atomic mass is 35.5. The van der Waals surface area contributed by atoms with E-state index in [2.05, 4.69) is 10.4 Å².